The van der Waals surface area contributed by atoms with Gasteiger partial charge in [-0.05, 0) is 94.3 Å². The molecule has 1 saturated heterocycles. The summed E-state index contributed by atoms with van der Waals surface area (Å²) in [6, 6.07) is 23.4. The molecule has 1 atom stereocenters. The van der Waals surface area contributed by atoms with E-state index < -0.39 is 41.2 Å². The summed E-state index contributed by atoms with van der Waals surface area (Å²) >= 11 is 1.44. The van der Waals surface area contributed by atoms with E-state index in [9.17, 15) is 30.0 Å². The first kappa shape index (κ1) is 46.6. The molecule has 60 heavy (non-hydrogen) atoms. The van der Waals surface area contributed by atoms with Crippen LogP contribution >= 0.6 is 11.8 Å². The quantitative estimate of drug-likeness (QED) is 0.0997. The number of benzene rings is 3. The molecule has 17 heteroatoms. The molecule has 4 aromatic rings. The van der Waals surface area contributed by atoms with Crippen molar-refractivity contribution in [1.29, 1.82) is 0 Å². The number of thioether (sulfide) groups is 1. The van der Waals surface area contributed by atoms with Gasteiger partial charge in [0.2, 0.25) is 0 Å². The Balaban J connectivity index is 0.00000604. The van der Waals surface area contributed by atoms with E-state index >= 15 is 0 Å². The Bertz CT molecular complexity index is 2380. The number of sulfone groups is 1. The van der Waals surface area contributed by atoms with Crippen molar-refractivity contribution in [1.82, 2.24) is 19.8 Å². The van der Waals surface area contributed by atoms with Gasteiger partial charge in [0.1, 0.15) is 17.0 Å². The van der Waals surface area contributed by atoms with Crippen molar-refractivity contribution in [3.8, 4) is 0 Å². The van der Waals surface area contributed by atoms with Gasteiger partial charge in [-0.25, -0.2) is 26.8 Å². The van der Waals surface area contributed by atoms with Crippen molar-refractivity contribution >= 4 is 48.7 Å². The van der Waals surface area contributed by atoms with Crippen LogP contribution in [-0.2, 0) is 32.8 Å². The van der Waals surface area contributed by atoms with E-state index in [0.717, 1.165) is 62.3 Å². The Kier molecular flexibility index (Phi) is 14.9. The Hall–Kier alpha value is -2.91. The number of rotatable bonds is 13. The number of alkyl halides is 3. The predicted octanol–water partition coefficient (Wildman–Crippen LogP) is 8.45. The fourth-order valence-electron chi connectivity index (χ4n) is 8.25. The molecule has 0 spiro atoms. The van der Waals surface area contributed by atoms with Crippen LogP contribution in [0.3, 0.4) is 0 Å². The molecule has 0 saturated carbocycles. The molecule has 2 N–H and O–H groups in total. The summed E-state index contributed by atoms with van der Waals surface area (Å²) in [6.45, 7) is 10.5. The summed E-state index contributed by atoms with van der Waals surface area (Å²) in [5.41, 5.74) is -0.169. The zero-order chi connectivity index (χ0) is 42.0. The number of aromatic nitrogens is 2. The smallest absolute Gasteiger partial charge is 0.381 e. The summed E-state index contributed by atoms with van der Waals surface area (Å²) in [5, 5.41) is 2.84. The van der Waals surface area contributed by atoms with Crippen LogP contribution in [0.1, 0.15) is 69.7 Å². The third-order valence-corrected chi connectivity index (χ3v) is 15.6. The molecule has 1 aliphatic carbocycles. The number of anilines is 2. The van der Waals surface area contributed by atoms with Crippen LogP contribution in [0.25, 0.3) is 5.57 Å². The summed E-state index contributed by atoms with van der Waals surface area (Å²) < 4.78 is 97.3. The number of hydrogen-bond donors (Lipinski definition) is 2. The molecule has 0 amide bonds. The second kappa shape index (κ2) is 19.2. The molecule has 0 radical (unpaired) electrons. The van der Waals surface area contributed by atoms with Gasteiger partial charge in [-0.15, -0.1) is 17.3 Å². The maximum Gasteiger partial charge on any atom is 0.501 e. The average Bonchev–Trinajstić information content (AvgIpc) is 3.21. The van der Waals surface area contributed by atoms with Crippen LogP contribution in [0.2, 0.25) is 0 Å². The molecule has 10 nitrogen and oxygen atoms in total. The van der Waals surface area contributed by atoms with Gasteiger partial charge in [0.05, 0.1) is 16.3 Å². The van der Waals surface area contributed by atoms with Crippen LogP contribution in [0.5, 0.6) is 0 Å². The van der Waals surface area contributed by atoms with Gasteiger partial charge >= 0.3 is 5.51 Å². The van der Waals surface area contributed by atoms with Gasteiger partial charge in [0.25, 0.3) is 19.9 Å². The van der Waals surface area contributed by atoms with Crippen LogP contribution < -0.4 is 10.0 Å². The largest absolute Gasteiger partial charge is 0.501 e. The molecular weight excluding hydrogens is 1060 g/mol. The molecule has 2 aliphatic heterocycles. The number of nitrogens with one attached hydrogen (secondary N) is 2. The van der Waals surface area contributed by atoms with Crippen molar-refractivity contribution in [2.75, 3.05) is 42.0 Å². The third-order valence-electron chi connectivity index (χ3n) is 11.5. The molecule has 3 aromatic carbocycles. The van der Waals surface area contributed by atoms with Crippen molar-refractivity contribution in [2.24, 2.45) is 5.41 Å². The molecule has 3 heterocycles. The van der Waals surface area contributed by atoms with Crippen molar-refractivity contribution in [3.05, 3.63) is 108 Å². The fourth-order valence-corrected chi connectivity index (χ4v) is 11.2. The summed E-state index contributed by atoms with van der Waals surface area (Å²) in [7, 11) is -10.5. The van der Waals surface area contributed by atoms with Gasteiger partial charge in [-0.1, -0.05) is 43.2 Å². The summed E-state index contributed by atoms with van der Waals surface area (Å²) in [4.78, 5) is 12.8. The first-order valence-corrected chi connectivity index (χ1v) is 23.8. The SMILES string of the molecule is C[C@H](CSc1ccccc1)Nc1ccc(S(=O)(=O)Nc2ncnc3c2CCN(C2CCN(CC4=C(c5cc[c-]cc5)CC(C)(C)CC4)CC2)C3)cc1S(=O)(=O)C(F)(F)F.[U]. The van der Waals surface area contributed by atoms with E-state index in [1.807, 2.05) is 42.5 Å². The Morgan fingerprint density at radius 1 is 0.967 bits per heavy atom. The number of sulfonamides is 1. The van der Waals surface area contributed by atoms with E-state index in [-0.39, 0.29) is 48.0 Å². The minimum Gasteiger partial charge on any atom is -0.381 e. The standard InChI is InChI=1S/C43H50F3N6O4S3.U/c1-30(28-57-34-12-8-5-9-13-34)49-38-15-14-35(24-40(38)58(53,54)43(44,45)46)59(55,56)50-41-36-19-23-52(27-39(36)47-29-48-41)33-17-21-51(22-18-33)26-32-16-20-42(2,3)25-37(32)31-10-6-4-7-11-31;/h5-15,24,29-30,33,49H,16-23,25-28H2,1-3H3,(H,47,48,50);/q-1;/t30-;/m1./s1. The van der Waals surface area contributed by atoms with Gasteiger partial charge in [0.15, 0.2) is 0 Å². The summed E-state index contributed by atoms with van der Waals surface area (Å²) in [6.07, 6.45) is 7.05. The second-order valence-electron chi connectivity index (χ2n) is 16.5. The minimum atomic E-state index is -5.94. The van der Waals surface area contributed by atoms with E-state index in [1.165, 1.54) is 41.2 Å². The normalized spacial score (nSPS) is 18.6. The first-order chi connectivity index (χ1) is 28.0. The van der Waals surface area contributed by atoms with E-state index in [4.69, 9.17) is 0 Å². The predicted molar refractivity (Wildman–Crippen MR) is 226 cm³/mol. The van der Waals surface area contributed by atoms with Crippen molar-refractivity contribution in [3.63, 3.8) is 0 Å². The summed E-state index contributed by atoms with van der Waals surface area (Å²) in [5.74, 6) is 0.424. The average molecular weight is 1110 g/mol. The topological polar surface area (TPSA) is 125 Å². The number of hydrogen-bond acceptors (Lipinski definition) is 10. The molecule has 1 fully saturated rings. The molecule has 1 aromatic heterocycles. The molecule has 7 rings (SSSR count). The zero-order valence-electron chi connectivity index (χ0n) is 33.9. The van der Waals surface area contributed by atoms with Crippen LogP contribution in [0.15, 0.2) is 99.4 Å². The van der Waals surface area contributed by atoms with Crippen molar-refractivity contribution < 1.29 is 61.1 Å². The molecule has 320 valence electrons. The Morgan fingerprint density at radius 3 is 2.38 bits per heavy atom. The first-order valence-electron chi connectivity index (χ1n) is 19.9. The van der Waals surface area contributed by atoms with Gasteiger partial charge in [0, 0.05) is 79.0 Å². The van der Waals surface area contributed by atoms with Crippen LogP contribution in [-0.4, -0.2) is 86.1 Å². The van der Waals surface area contributed by atoms with Crippen molar-refractivity contribution in [2.45, 2.75) is 98.1 Å². The molecule has 0 bridgehead atoms. The maximum atomic E-state index is 13.9. The Labute approximate surface area is 380 Å². The van der Waals surface area contributed by atoms with Crippen LogP contribution in [0, 0.1) is 42.6 Å². The van der Waals surface area contributed by atoms with E-state index in [1.54, 1.807) is 6.92 Å². The maximum absolute atomic E-state index is 13.9. The third kappa shape index (κ3) is 11.0. The van der Waals surface area contributed by atoms with Gasteiger partial charge in [-0.3, -0.25) is 14.5 Å². The number of nitrogens with zero attached hydrogens (tertiary/aromatic N) is 4. The molecular formula is C43H50F3N6O4S3U-. The Morgan fingerprint density at radius 2 is 1.68 bits per heavy atom. The second-order valence-corrected chi connectivity index (χ2v) is 21.2. The number of piperidine rings is 1. The monoisotopic (exact) mass is 1110 g/mol. The van der Waals surface area contributed by atoms with Gasteiger partial charge in [-0.2, -0.15) is 43.5 Å². The molecule has 0 unspecified atom stereocenters. The van der Waals surface area contributed by atoms with E-state index in [0.29, 0.717) is 48.6 Å². The van der Waals surface area contributed by atoms with E-state index in [2.05, 4.69) is 61.9 Å². The number of fused-ring (bicyclic) bond motifs is 1. The minimum absolute atomic E-state index is 0. The number of allylic oxidation sites excluding steroid dienone is 1. The fraction of sp³-hybridized carbons (Fsp3) is 0.442. The number of halogens is 3. The zero-order valence-corrected chi connectivity index (χ0v) is 40.5. The van der Waals surface area contributed by atoms with Crippen LogP contribution in [0.4, 0.5) is 24.7 Å². The number of likely N-dealkylation sites (tertiary alicyclic amines) is 1. The van der Waals surface area contributed by atoms with Gasteiger partial charge < -0.3 is 5.32 Å². The molecule has 3 aliphatic rings.